The molecule has 0 spiro atoms. The van der Waals surface area contributed by atoms with Crippen molar-refractivity contribution in [2.75, 3.05) is 20.1 Å². The molecule has 0 bridgehead atoms. The molecule has 3 heterocycles. The van der Waals surface area contributed by atoms with E-state index in [0.717, 1.165) is 6.54 Å². The second-order valence-corrected chi connectivity index (χ2v) is 5.25. The van der Waals surface area contributed by atoms with Crippen LogP contribution in [0.4, 0.5) is 0 Å². The van der Waals surface area contributed by atoms with E-state index in [4.69, 9.17) is 0 Å². The largest absolute Gasteiger partial charge is 0.367 e. The molecule has 0 radical (unpaired) electrons. The molecule has 0 aromatic carbocycles. The molecule has 2 atom stereocenters. The van der Waals surface area contributed by atoms with Gasteiger partial charge in [0.1, 0.15) is 6.17 Å². The fourth-order valence-corrected chi connectivity index (χ4v) is 3.17. The number of fused-ring (bicyclic) bond motifs is 3. The molecule has 1 fully saturated rings. The SMILES string of the molecule is CCNN1C=C2CC(=O)CN(C)C2C2=CC=CNC21. The van der Waals surface area contributed by atoms with Gasteiger partial charge in [-0.15, -0.1) is 0 Å². The molecule has 102 valence electrons. The van der Waals surface area contributed by atoms with Gasteiger partial charge in [0.15, 0.2) is 5.78 Å². The van der Waals surface area contributed by atoms with Crippen molar-refractivity contribution in [2.24, 2.45) is 0 Å². The fourth-order valence-electron chi connectivity index (χ4n) is 3.17. The summed E-state index contributed by atoms with van der Waals surface area (Å²) in [5.74, 6) is 0.291. The molecule has 2 unspecified atom stereocenters. The van der Waals surface area contributed by atoms with Crippen LogP contribution in [0.15, 0.2) is 35.7 Å². The lowest BCUT2D eigenvalue weighted by Crippen LogP contribution is -2.59. The zero-order valence-corrected chi connectivity index (χ0v) is 11.4. The van der Waals surface area contributed by atoms with Crippen LogP contribution in [-0.2, 0) is 4.79 Å². The molecule has 5 nitrogen and oxygen atoms in total. The maximum absolute atomic E-state index is 11.8. The average molecular weight is 260 g/mol. The zero-order chi connectivity index (χ0) is 13.4. The van der Waals surface area contributed by atoms with E-state index in [1.165, 1.54) is 11.1 Å². The third-order valence-corrected chi connectivity index (χ3v) is 3.81. The predicted molar refractivity (Wildman–Crippen MR) is 73.8 cm³/mol. The monoisotopic (exact) mass is 260 g/mol. The molecular formula is C14H20N4O. The van der Waals surface area contributed by atoms with Crippen LogP contribution in [0.2, 0.25) is 0 Å². The molecular weight excluding hydrogens is 240 g/mol. The Balaban J connectivity index is 2.00. The second-order valence-electron chi connectivity index (χ2n) is 5.25. The van der Waals surface area contributed by atoms with Crippen molar-refractivity contribution in [2.45, 2.75) is 25.6 Å². The average Bonchev–Trinajstić information content (AvgIpc) is 2.38. The number of likely N-dealkylation sites (tertiary alicyclic amines) is 1. The fraction of sp³-hybridized carbons (Fsp3) is 0.500. The van der Waals surface area contributed by atoms with Crippen molar-refractivity contribution in [3.63, 3.8) is 0 Å². The molecule has 3 aliphatic heterocycles. The molecule has 5 heteroatoms. The first-order valence-corrected chi connectivity index (χ1v) is 6.77. The van der Waals surface area contributed by atoms with E-state index in [1.54, 1.807) is 0 Å². The quantitative estimate of drug-likeness (QED) is 0.750. The first kappa shape index (κ1) is 12.4. The first-order chi connectivity index (χ1) is 9.20. The Morgan fingerprint density at radius 3 is 3.16 bits per heavy atom. The number of carbonyl (C=O) groups is 1. The van der Waals surface area contributed by atoms with Gasteiger partial charge in [-0.1, -0.05) is 13.0 Å². The predicted octanol–water partition coefficient (Wildman–Crippen LogP) is 0.353. The van der Waals surface area contributed by atoms with Gasteiger partial charge in [0.25, 0.3) is 0 Å². The van der Waals surface area contributed by atoms with Crippen LogP contribution in [0, 0.1) is 0 Å². The summed E-state index contributed by atoms with van der Waals surface area (Å²) in [5, 5.41) is 5.46. The number of hydrogen-bond donors (Lipinski definition) is 2. The lowest BCUT2D eigenvalue weighted by atomic mass is 9.85. The molecule has 0 amide bonds. The number of nitrogens with one attached hydrogen (secondary N) is 2. The van der Waals surface area contributed by atoms with Gasteiger partial charge in [0, 0.05) is 19.2 Å². The summed E-state index contributed by atoms with van der Waals surface area (Å²) in [4.78, 5) is 13.9. The van der Waals surface area contributed by atoms with Gasteiger partial charge in [-0.05, 0) is 30.5 Å². The van der Waals surface area contributed by atoms with Crippen molar-refractivity contribution < 1.29 is 4.79 Å². The van der Waals surface area contributed by atoms with Crippen molar-refractivity contribution >= 4 is 5.78 Å². The van der Waals surface area contributed by atoms with E-state index >= 15 is 0 Å². The number of rotatable bonds is 2. The molecule has 3 aliphatic rings. The number of carbonyl (C=O) groups excluding carboxylic acids is 1. The summed E-state index contributed by atoms with van der Waals surface area (Å²) < 4.78 is 0. The third kappa shape index (κ3) is 2.09. The molecule has 0 aromatic rings. The summed E-state index contributed by atoms with van der Waals surface area (Å²) >= 11 is 0. The van der Waals surface area contributed by atoms with E-state index in [9.17, 15) is 4.79 Å². The van der Waals surface area contributed by atoms with Gasteiger partial charge in [-0.3, -0.25) is 14.7 Å². The lowest BCUT2D eigenvalue weighted by Gasteiger charge is -2.46. The summed E-state index contributed by atoms with van der Waals surface area (Å²) in [5.41, 5.74) is 5.82. The Labute approximate surface area is 113 Å². The number of allylic oxidation sites excluding steroid dienone is 2. The van der Waals surface area contributed by atoms with Crippen LogP contribution in [0.5, 0.6) is 0 Å². The van der Waals surface area contributed by atoms with Gasteiger partial charge in [0.2, 0.25) is 0 Å². The molecule has 0 aromatic heterocycles. The van der Waals surface area contributed by atoms with Gasteiger partial charge in [-0.2, -0.15) is 0 Å². The number of likely N-dealkylation sites (N-methyl/N-ethyl adjacent to an activating group) is 1. The van der Waals surface area contributed by atoms with Crippen molar-refractivity contribution in [1.82, 2.24) is 20.7 Å². The molecule has 2 N–H and O–H groups in total. The number of nitrogens with zero attached hydrogens (tertiary/aromatic N) is 2. The van der Waals surface area contributed by atoms with Crippen LogP contribution in [0.1, 0.15) is 13.3 Å². The molecule has 3 rings (SSSR count). The van der Waals surface area contributed by atoms with E-state index in [0.29, 0.717) is 18.7 Å². The highest BCUT2D eigenvalue weighted by Crippen LogP contribution is 2.33. The highest BCUT2D eigenvalue weighted by Gasteiger charge is 2.39. The number of piperidine rings is 1. The zero-order valence-electron chi connectivity index (χ0n) is 11.4. The van der Waals surface area contributed by atoms with Crippen molar-refractivity contribution in [1.29, 1.82) is 0 Å². The minimum Gasteiger partial charge on any atom is -0.367 e. The summed E-state index contributed by atoms with van der Waals surface area (Å²) in [6.07, 6.45) is 8.94. The summed E-state index contributed by atoms with van der Waals surface area (Å²) in [6, 6.07) is 0.245. The van der Waals surface area contributed by atoms with E-state index in [2.05, 4.69) is 39.9 Å². The highest BCUT2D eigenvalue weighted by molar-refractivity contribution is 5.85. The van der Waals surface area contributed by atoms with Crippen molar-refractivity contribution in [3.8, 4) is 0 Å². The molecule has 19 heavy (non-hydrogen) atoms. The Bertz CT molecular complexity index is 480. The minimum absolute atomic E-state index is 0.134. The Morgan fingerprint density at radius 2 is 2.37 bits per heavy atom. The summed E-state index contributed by atoms with van der Waals surface area (Å²) in [6.45, 7) is 3.47. The third-order valence-electron chi connectivity index (χ3n) is 3.81. The van der Waals surface area contributed by atoms with Gasteiger partial charge < -0.3 is 5.32 Å². The maximum Gasteiger partial charge on any atom is 0.151 e. The number of Topliss-reactive ketones (excluding diaryl/α,β-unsaturated/α-hetero) is 1. The van der Waals surface area contributed by atoms with Crippen LogP contribution in [0.25, 0.3) is 0 Å². The summed E-state index contributed by atoms with van der Waals surface area (Å²) in [7, 11) is 2.02. The van der Waals surface area contributed by atoms with E-state index in [-0.39, 0.29) is 12.2 Å². The standard InChI is InChI=1S/C14H20N4O/c1-3-16-18-8-10-7-11(19)9-17(2)13(10)12-5-4-6-15-14(12)18/h4-6,8,13-16H,3,7,9H2,1-2H3. The Kier molecular flexibility index (Phi) is 3.16. The Morgan fingerprint density at radius 1 is 1.53 bits per heavy atom. The van der Waals surface area contributed by atoms with Crippen LogP contribution in [0.3, 0.4) is 0 Å². The van der Waals surface area contributed by atoms with E-state index in [1.807, 2.05) is 19.3 Å². The minimum atomic E-state index is 0.134. The topological polar surface area (TPSA) is 47.6 Å². The van der Waals surface area contributed by atoms with Crippen molar-refractivity contribution in [3.05, 3.63) is 35.7 Å². The Hall–Kier alpha value is -1.59. The molecule has 1 saturated heterocycles. The number of ketones is 1. The van der Waals surface area contributed by atoms with Crippen LogP contribution >= 0.6 is 0 Å². The number of hydrogen-bond acceptors (Lipinski definition) is 5. The molecule has 0 saturated carbocycles. The highest BCUT2D eigenvalue weighted by atomic mass is 16.1. The van der Waals surface area contributed by atoms with Gasteiger partial charge in [-0.25, -0.2) is 5.43 Å². The van der Waals surface area contributed by atoms with Gasteiger partial charge >= 0.3 is 0 Å². The lowest BCUT2D eigenvalue weighted by molar-refractivity contribution is -0.121. The normalized spacial score (nSPS) is 30.2. The van der Waals surface area contributed by atoms with Crippen LogP contribution in [-0.4, -0.2) is 48.0 Å². The maximum atomic E-state index is 11.8. The second kappa shape index (κ2) is 4.83. The number of hydrazine groups is 1. The smallest absolute Gasteiger partial charge is 0.151 e. The molecule has 0 aliphatic carbocycles. The number of dihydropyridines is 1. The van der Waals surface area contributed by atoms with E-state index < -0.39 is 0 Å². The van der Waals surface area contributed by atoms with Crippen LogP contribution < -0.4 is 10.7 Å². The first-order valence-electron chi connectivity index (χ1n) is 6.77. The van der Waals surface area contributed by atoms with Gasteiger partial charge in [0.05, 0.1) is 12.6 Å².